The molecule has 2 aliphatic rings. The van der Waals surface area contributed by atoms with Crippen molar-refractivity contribution in [2.24, 2.45) is 0 Å². The number of carbonyl (C=O) groups is 1. The highest BCUT2D eigenvalue weighted by molar-refractivity contribution is 5.78. The van der Waals surface area contributed by atoms with Crippen LogP contribution in [0.2, 0.25) is 0 Å². The Morgan fingerprint density at radius 2 is 1.69 bits per heavy atom. The van der Waals surface area contributed by atoms with Crippen molar-refractivity contribution in [2.45, 2.75) is 19.3 Å². The van der Waals surface area contributed by atoms with Crippen molar-refractivity contribution >= 4 is 11.6 Å². The molecule has 1 N–H and O–H groups in total. The molecule has 1 heterocycles. The van der Waals surface area contributed by atoms with Crippen molar-refractivity contribution in [3.63, 3.8) is 0 Å². The van der Waals surface area contributed by atoms with E-state index in [9.17, 15) is 9.90 Å². The van der Waals surface area contributed by atoms with Crippen molar-refractivity contribution in [1.82, 2.24) is 4.90 Å². The molecular formula is C21H24N2O3. The van der Waals surface area contributed by atoms with Gasteiger partial charge in [0, 0.05) is 31.9 Å². The summed E-state index contributed by atoms with van der Waals surface area (Å²) in [6.45, 7) is 3.04. The Balaban J connectivity index is 1.27. The van der Waals surface area contributed by atoms with Crippen LogP contribution >= 0.6 is 0 Å². The van der Waals surface area contributed by atoms with E-state index in [1.807, 2.05) is 23.1 Å². The van der Waals surface area contributed by atoms with Crippen LogP contribution in [0.1, 0.15) is 17.5 Å². The minimum Gasteiger partial charge on any atom is -0.508 e. The van der Waals surface area contributed by atoms with Gasteiger partial charge in [-0.15, -0.1) is 0 Å². The minimum absolute atomic E-state index is 0.0378. The fraction of sp³-hybridized carbons (Fsp3) is 0.381. The standard InChI is InChI=1S/C21H24N2O3/c24-19-7-5-18(6-8-19)22-10-12-23(13-11-22)21(25)15-26-20-9-4-16-2-1-3-17(16)14-20/h4-9,14,24H,1-3,10-13,15H2. The Kier molecular flexibility index (Phi) is 4.69. The number of phenolic OH excluding ortho intramolecular Hbond substituents is 1. The summed E-state index contributed by atoms with van der Waals surface area (Å²) in [5, 5.41) is 9.39. The van der Waals surface area contributed by atoms with Crippen LogP contribution in [-0.4, -0.2) is 48.7 Å². The number of fused-ring (bicyclic) bond motifs is 1. The van der Waals surface area contributed by atoms with Gasteiger partial charge in [0.05, 0.1) is 0 Å². The number of piperazine rings is 1. The summed E-state index contributed by atoms with van der Waals surface area (Å²) >= 11 is 0. The summed E-state index contributed by atoms with van der Waals surface area (Å²) in [7, 11) is 0. The molecule has 5 heteroatoms. The summed E-state index contributed by atoms with van der Waals surface area (Å²) in [5.41, 5.74) is 3.84. The van der Waals surface area contributed by atoms with Gasteiger partial charge < -0.3 is 19.6 Å². The van der Waals surface area contributed by atoms with Gasteiger partial charge in [-0.25, -0.2) is 0 Å². The molecule has 26 heavy (non-hydrogen) atoms. The fourth-order valence-electron chi connectivity index (χ4n) is 3.75. The van der Waals surface area contributed by atoms with E-state index in [-0.39, 0.29) is 18.3 Å². The van der Waals surface area contributed by atoms with E-state index in [1.54, 1.807) is 12.1 Å². The number of hydrogen-bond acceptors (Lipinski definition) is 4. The number of carbonyl (C=O) groups excluding carboxylic acids is 1. The molecule has 136 valence electrons. The molecule has 0 unspecified atom stereocenters. The van der Waals surface area contributed by atoms with Gasteiger partial charge in [0.1, 0.15) is 11.5 Å². The minimum atomic E-state index is 0.0378. The van der Waals surface area contributed by atoms with Gasteiger partial charge in [0.15, 0.2) is 6.61 Å². The average molecular weight is 352 g/mol. The van der Waals surface area contributed by atoms with Crippen LogP contribution in [-0.2, 0) is 17.6 Å². The molecule has 2 aromatic carbocycles. The zero-order chi connectivity index (χ0) is 17.9. The Morgan fingerprint density at radius 1 is 0.962 bits per heavy atom. The number of anilines is 1. The molecule has 1 fully saturated rings. The number of ether oxygens (including phenoxy) is 1. The van der Waals surface area contributed by atoms with Crippen molar-refractivity contribution in [1.29, 1.82) is 0 Å². The molecule has 1 amide bonds. The Labute approximate surface area is 153 Å². The summed E-state index contributed by atoms with van der Waals surface area (Å²) in [5.74, 6) is 1.10. The molecule has 0 radical (unpaired) electrons. The lowest BCUT2D eigenvalue weighted by molar-refractivity contribution is -0.133. The number of amides is 1. The lowest BCUT2D eigenvalue weighted by Crippen LogP contribution is -2.50. The number of nitrogens with zero attached hydrogens (tertiary/aromatic N) is 2. The number of aromatic hydroxyl groups is 1. The Morgan fingerprint density at radius 3 is 2.46 bits per heavy atom. The SMILES string of the molecule is O=C(COc1ccc2c(c1)CCC2)N1CCN(c2ccc(O)cc2)CC1. The molecule has 1 aliphatic carbocycles. The van der Waals surface area contributed by atoms with E-state index < -0.39 is 0 Å². The lowest BCUT2D eigenvalue weighted by atomic mass is 10.1. The van der Waals surface area contributed by atoms with E-state index in [0.29, 0.717) is 13.1 Å². The Hall–Kier alpha value is -2.69. The number of aryl methyl sites for hydroxylation is 2. The van der Waals surface area contributed by atoms with Crippen LogP contribution in [0.25, 0.3) is 0 Å². The van der Waals surface area contributed by atoms with Gasteiger partial charge >= 0.3 is 0 Å². The number of benzene rings is 2. The van der Waals surface area contributed by atoms with Crippen molar-refractivity contribution in [3.8, 4) is 11.5 Å². The molecule has 1 aliphatic heterocycles. The van der Waals surface area contributed by atoms with Crippen LogP contribution in [0.4, 0.5) is 5.69 Å². The summed E-state index contributed by atoms with van der Waals surface area (Å²) in [4.78, 5) is 16.5. The molecule has 0 bridgehead atoms. The molecule has 5 nitrogen and oxygen atoms in total. The number of rotatable bonds is 4. The predicted molar refractivity (Wildman–Crippen MR) is 101 cm³/mol. The summed E-state index contributed by atoms with van der Waals surface area (Å²) in [6.07, 6.45) is 3.47. The quantitative estimate of drug-likeness (QED) is 0.919. The molecule has 0 saturated carbocycles. The van der Waals surface area contributed by atoms with E-state index in [1.165, 1.54) is 17.5 Å². The Bertz CT molecular complexity index is 780. The first-order chi connectivity index (χ1) is 12.7. The molecule has 2 aromatic rings. The maximum absolute atomic E-state index is 12.4. The van der Waals surface area contributed by atoms with Gasteiger partial charge in [-0.1, -0.05) is 6.07 Å². The van der Waals surface area contributed by atoms with Gasteiger partial charge in [-0.05, 0) is 66.8 Å². The number of phenols is 1. The van der Waals surface area contributed by atoms with Crippen LogP contribution in [0.15, 0.2) is 42.5 Å². The second-order valence-electron chi connectivity index (χ2n) is 6.96. The molecule has 0 spiro atoms. The third kappa shape index (κ3) is 3.62. The highest BCUT2D eigenvalue weighted by Crippen LogP contribution is 2.26. The molecule has 0 atom stereocenters. The van der Waals surface area contributed by atoms with E-state index >= 15 is 0 Å². The monoisotopic (exact) mass is 352 g/mol. The first-order valence-corrected chi connectivity index (χ1v) is 9.25. The zero-order valence-electron chi connectivity index (χ0n) is 14.9. The first-order valence-electron chi connectivity index (χ1n) is 9.25. The van der Waals surface area contributed by atoms with E-state index in [4.69, 9.17) is 4.74 Å². The first kappa shape index (κ1) is 16.8. The zero-order valence-corrected chi connectivity index (χ0v) is 14.9. The normalized spacial score (nSPS) is 16.5. The van der Waals surface area contributed by atoms with Crippen LogP contribution in [0, 0.1) is 0 Å². The highest BCUT2D eigenvalue weighted by atomic mass is 16.5. The van der Waals surface area contributed by atoms with Gasteiger partial charge in [-0.3, -0.25) is 4.79 Å². The third-order valence-electron chi connectivity index (χ3n) is 5.28. The predicted octanol–water partition coefficient (Wildman–Crippen LogP) is 2.61. The third-order valence-corrected chi connectivity index (χ3v) is 5.28. The van der Waals surface area contributed by atoms with Gasteiger partial charge in [0.2, 0.25) is 0 Å². The molecule has 4 rings (SSSR count). The lowest BCUT2D eigenvalue weighted by Gasteiger charge is -2.36. The van der Waals surface area contributed by atoms with Crippen LogP contribution < -0.4 is 9.64 Å². The van der Waals surface area contributed by atoms with E-state index in [0.717, 1.165) is 37.4 Å². The topological polar surface area (TPSA) is 53.0 Å². The summed E-state index contributed by atoms with van der Waals surface area (Å²) < 4.78 is 5.74. The summed E-state index contributed by atoms with van der Waals surface area (Å²) in [6, 6.07) is 13.4. The fourth-order valence-corrected chi connectivity index (χ4v) is 3.75. The van der Waals surface area contributed by atoms with Crippen LogP contribution in [0.3, 0.4) is 0 Å². The number of hydrogen-bond donors (Lipinski definition) is 1. The van der Waals surface area contributed by atoms with Crippen LogP contribution in [0.5, 0.6) is 11.5 Å². The second kappa shape index (κ2) is 7.28. The molecule has 0 aromatic heterocycles. The van der Waals surface area contributed by atoms with Crippen molar-refractivity contribution in [3.05, 3.63) is 53.6 Å². The van der Waals surface area contributed by atoms with Crippen molar-refractivity contribution in [2.75, 3.05) is 37.7 Å². The smallest absolute Gasteiger partial charge is 0.260 e. The molecular weight excluding hydrogens is 328 g/mol. The largest absolute Gasteiger partial charge is 0.508 e. The second-order valence-corrected chi connectivity index (χ2v) is 6.96. The average Bonchev–Trinajstić information content (AvgIpc) is 3.15. The van der Waals surface area contributed by atoms with E-state index in [2.05, 4.69) is 17.0 Å². The van der Waals surface area contributed by atoms with Gasteiger partial charge in [0.25, 0.3) is 5.91 Å². The maximum atomic E-state index is 12.4. The maximum Gasteiger partial charge on any atom is 0.260 e. The van der Waals surface area contributed by atoms with Crippen molar-refractivity contribution < 1.29 is 14.6 Å². The molecule has 1 saturated heterocycles. The highest BCUT2D eigenvalue weighted by Gasteiger charge is 2.22. The van der Waals surface area contributed by atoms with Gasteiger partial charge in [-0.2, -0.15) is 0 Å².